The lowest BCUT2D eigenvalue weighted by atomic mass is 10.1. The van der Waals surface area contributed by atoms with Crippen molar-refractivity contribution >= 4 is 15.7 Å². The highest BCUT2D eigenvalue weighted by molar-refractivity contribution is 7.90. The van der Waals surface area contributed by atoms with E-state index < -0.39 is 9.84 Å². The van der Waals surface area contributed by atoms with E-state index in [1.54, 1.807) is 30.5 Å². The van der Waals surface area contributed by atoms with Crippen LogP contribution in [-0.2, 0) is 21.1 Å². The van der Waals surface area contributed by atoms with Crippen LogP contribution in [0.1, 0.15) is 42.0 Å². The zero-order valence-electron chi connectivity index (χ0n) is 17.6. The Kier molecular flexibility index (Phi) is 6.41. The standard InChI is InChI=1S/C23H26N2O4S/c1-15-5-6-19(13-16(15)2)21-14-24-23(29-21)12-11-22(26)25-17(3)18-7-9-20(10-8-18)30(4,27)28/h5-10,13-14,17H,11-12H2,1-4H3,(H,25,26)/t17-/m0/s1. The lowest BCUT2D eigenvalue weighted by molar-refractivity contribution is -0.121. The van der Waals surface area contributed by atoms with Crippen LogP contribution in [0.3, 0.4) is 0 Å². The minimum absolute atomic E-state index is 0.124. The summed E-state index contributed by atoms with van der Waals surface area (Å²) in [5.41, 5.74) is 4.20. The number of hydrogen-bond acceptors (Lipinski definition) is 5. The largest absolute Gasteiger partial charge is 0.441 e. The van der Waals surface area contributed by atoms with Crippen LogP contribution in [0, 0.1) is 13.8 Å². The maximum atomic E-state index is 12.3. The van der Waals surface area contributed by atoms with E-state index in [2.05, 4.69) is 30.2 Å². The number of carbonyl (C=O) groups is 1. The van der Waals surface area contributed by atoms with Gasteiger partial charge in [-0.2, -0.15) is 0 Å². The quantitative estimate of drug-likeness (QED) is 0.612. The minimum Gasteiger partial charge on any atom is -0.441 e. The number of carbonyl (C=O) groups excluding carboxylic acids is 1. The lowest BCUT2D eigenvalue weighted by Gasteiger charge is -2.14. The Bertz CT molecular complexity index is 1150. The second-order valence-electron chi connectivity index (χ2n) is 7.55. The first-order chi connectivity index (χ1) is 14.1. The van der Waals surface area contributed by atoms with Crippen molar-refractivity contribution in [1.82, 2.24) is 10.3 Å². The van der Waals surface area contributed by atoms with Crippen LogP contribution < -0.4 is 5.32 Å². The van der Waals surface area contributed by atoms with Crippen molar-refractivity contribution in [2.75, 3.05) is 6.26 Å². The molecule has 0 radical (unpaired) electrons. The molecule has 0 bridgehead atoms. The van der Waals surface area contributed by atoms with E-state index in [0.717, 1.165) is 11.1 Å². The van der Waals surface area contributed by atoms with E-state index in [1.165, 1.54) is 17.4 Å². The number of rotatable bonds is 7. The first kappa shape index (κ1) is 21.8. The van der Waals surface area contributed by atoms with Crippen molar-refractivity contribution in [2.24, 2.45) is 0 Å². The number of hydrogen-bond donors (Lipinski definition) is 1. The summed E-state index contributed by atoms with van der Waals surface area (Å²) in [5.74, 6) is 1.08. The maximum absolute atomic E-state index is 12.3. The van der Waals surface area contributed by atoms with Gasteiger partial charge in [-0.25, -0.2) is 13.4 Å². The predicted molar refractivity (Wildman–Crippen MR) is 116 cm³/mol. The highest BCUT2D eigenvalue weighted by atomic mass is 32.2. The molecule has 1 amide bonds. The molecule has 2 aromatic carbocycles. The number of nitrogens with zero attached hydrogens (tertiary/aromatic N) is 1. The van der Waals surface area contributed by atoms with Crippen molar-refractivity contribution < 1.29 is 17.6 Å². The fourth-order valence-corrected chi connectivity index (χ4v) is 3.71. The topological polar surface area (TPSA) is 89.3 Å². The van der Waals surface area contributed by atoms with Gasteiger partial charge in [0.25, 0.3) is 0 Å². The van der Waals surface area contributed by atoms with E-state index in [0.29, 0.717) is 18.1 Å². The van der Waals surface area contributed by atoms with E-state index in [-0.39, 0.29) is 23.3 Å². The summed E-state index contributed by atoms with van der Waals surface area (Å²) >= 11 is 0. The second-order valence-corrected chi connectivity index (χ2v) is 9.56. The van der Waals surface area contributed by atoms with Crippen molar-refractivity contribution in [3.63, 3.8) is 0 Å². The molecule has 1 N–H and O–H groups in total. The lowest BCUT2D eigenvalue weighted by Crippen LogP contribution is -2.26. The van der Waals surface area contributed by atoms with Gasteiger partial charge in [-0.1, -0.05) is 24.3 Å². The maximum Gasteiger partial charge on any atom is 0.220 e. The molecule has 0 spiro atoms. The molecule has 0 saturated heterocycles. The summed E-state index contributed by atoms with van der Waals surface area (Å²) < 4.78 is 28.9. The number of amides is 1. The average molecular weight is 427 g/mol. The Labute approximate surface area is 177 Å². The van der Waals surface area contributed by atoms with Gasteiger partial charge in [0.05, 0.1) is 17.1 Å². The summed E-state index contributed by atoms with van der Waals surface area (Å²) in [4.78, 5) is 16.8. The molecule has 3 rings (SSSR count). The molecule has 1 aromatic heterocycles. The smallest absolute Gasteiger partial charge is 0.220 e. The zero-order chi connectivity index (χ0) is 21.9. The molecule has 0 saturated carbocycles. The molecular weight excluding hydrogens is 400 g/mol. The fourth-order valence-electron chi connectivity index (χ4n) is 3.08. The Morgan fingerprint density at radius 3 is 2.43 bits per heavy atom. The van der Waals surface area contributed by atoms with Crippen molar-refractivity contribution in [2.45, 2.75) is 44.6 Å². The molecule has 7 heteroatoms. The molecular formula is C23H26N2O4S. The molecule has 1 heterocycles. The van der Waals surface area contributed by atoms with Gasteiger partial charge in [0.1, 0.15) is 0 Å². The van der Waals surface area contributed by atoms with Gasteiger partial charge in [0.15, 0.2) is 21.5 Å². The van der Waals surface area contributed by atoms with Crippen LogP contribution >= 0.6 is 0 Å². The van der Waals surface area contributed by atoms with E-state index in [9.17, 15) is 13.2 Å². The Hall–Kier alpha value is -2.93. The number of benzene rings is 2. The van der Waals surface area contributed by atoms with Crippen molar-refractivity contribution in [3.05, 3.63) is 71.2 Å². The van der Waals surface area contributed by atoms with Gasteiger partial charge in [0, 0.05) is 24.7 Å². The second kappa shape index (κ2) is 8.83. The molecule has 1 atom stereocenters. The van der Waals surface area contributed by atoms with Gasteiger partial charge >= 0.3 is 0 Å². The van der Waals surface area contributed by atoms with E-state index in [4.69, 9.17) is 4.42 Å². The van der Waals surface area contributed by atoms with Crippen LogP contribution in [0.5, 0.6) is 0 Å². The average Bonchev–Trinajstić information content (AvgIpc) is 3.17. The highest BCUT2D eigenvalue weighted by Crippen LogP contribution is 2.23. The Morgan fingerprint density at radius 1 is 1.10 bits per heavy atom. The summed E-state index contributed by atoms with van der Waals surface area (Å²) in [6.07, 6.45) is 3.50. The van der Waals surface area contributed by atoms with Gasteiger partial charge in [-0.3, -0.25) is 4.79 Å². The molecule has 30 heavy (non-hydrogen) atoms. The number of oxazole rings is 1. The third-order valence-electron chi connectivity index (χ3n) is 5.10. The third-order valence-corrected chi connectivity index (χ3v) is 6.23. The zero-order valence-corrected chi connectivity index (χ0v) is 18.4. The normalized spacial score (nSPS) is 12.5. The van der Waals surface area contributed by atoms with Gasteiger partial charge in [0.2, 0.25) is 5.91 Å². The molecule has 3 aromatic rings. The molecule has 158 valence electrons. The summed E-state index contributed by atoms with van der Waals surface area (Å²) in [7, 11) is -3.24. The van der Waals surface area contributed by atoms with Crippen LogP contribution in [-0.4, -0.2) is 25.6 Å². The minimum atomic E-state index is -3.24. The van der Waals surface area contributed by atoms with E-state index in [1.807, 2.05) is 19.1 Å². The monoisotopic (exact) mass is 426 g/mol. The number of aromatic nitrogens is 1. The molecule has 0 unspecified atom stereocenters. The Balaban J connectivity index is 1.55. The van der Waals surface area contributed by atoms with Crippen LogP contribution in [0.15, 0.2) is 58.0 Å². The van der Waals surface area contributed by atoms with Crippen LogP contribution in [0.25, 0.3) is 11.3 Å². The summed E-state index contributed by atoms with van der Waals surface area (Å²) in [6.45, 7) is 5.97. The van der Waals surface area contributed by atoms with Gasteiger partial charge in [-0.15, -0.1) is 0 Å². The van der Waals surface area contributed by atoms with Gasteiger partial charge in [-0.05, 0) is 55.7 Å². The van der Waals surface area contributed by atoms with Crippen LogP contribution in [0.4, 0.5) is 0 Å². The number of sulfone groups is 1. The molecule has 0 aliphatic heterocycles. The summed E-state index contributed by atoms with van der Waals surface area (Å²) in [6, 6.07) is 12.4. The summed E-state index contributed by atoms with van der Waals surface area (Å²) in [5, 5.41) is 2.92. The van der Waals surface area contributed by atoms with Crippen molar-refractivity contribution in [3.8, 4) is 11.3 Å². The fraction of sp³-hybridized carbons (Fsp3) is 0.304. The molecule has 0 fully saturated rings. The van der Waals surface area contributed by atoms with Gasteiger partial charge < -0.3 is 9.73 Å². The molecule has 0 aliphatic rings. The third kappa shape index (κ3) is 5.36. The SMILES string of the molecule is Cc1ccc(-c2cnc(CCC(=O)N[C@@H](C)c3ccc(S(C)(=O)=O)cc3)o2)cc1C. The first-order valence-corrected chi connectivity index (χ1v) is 11.6. The number of aryl methyl sites for hydroxylation is 3. The number of nitrogens with one attached hydrogen (secondary N) is 1. The molecule has 0 aliphatic carbocycles. The highest BCUT2D eigenvalue weighted by Gasteiger charge is 2.14. The first-order valence-electron chi connectivity index (χ1n) is 9.75. The predicted octanol–water partition coefficient (Wildman–Crippen LogP) is 4.17. The van der Waals surface area contributed by atoms with Crippen LogP contribution in [0.2, 0.25) is 0 Å². The Morgan fingerprint density at radius 2 is 1.80 bits per heavy atom. The van der Waals surface area contributed by atoms with E-state index >= 15 is 0 Å². The van der Waals surface area contributed by atoms with Crippen molar-refractivity contribution in [1.29, 1.82) is 0 Å². The molecule has 6 nitrogen and oxygen atoms in total.